The second kappa shape index (κ2) is 12.0. The number of hydrogen-bond acceptors (Lipinski definition) is 5. The number of nitrogens with two attached hydrogens (primary N) is 1. The van der Waals surface area contributed by atoms with Crippen LogP contribution in [0, 0.1) is 17.7 Å². The molecule has 0 aliphatic carbocycles. The summed E-state index contributed by atoms with van der Waals surface area (Å²) in [7, 11) is 0. The molecule has 2 unspecified atom stereocenters. The van der Waals surface area contributed by atoms with Gasteiger partial charge in [-0.3, -0.25) is 9.59 Å². The van der Waals surface area contributed by atoms with Crippen LogP contribution in [0.4, 0.5) is 10.2 Å². The Morgan fingerprint density at radius 2 is 1.62 bits per heavy atom. The van der Waals surface area contributed by atoms with Crippen molar-refractivity contribution in [3.8, 4) is 5.69 Å². The molecule has 3 N–H and O–H groups in total. The second-order valence-electron chi connectivity index (χ2n) is 11.0. The molecule has 3 aromatic carbocycles. The van der Waals surface area contributed by atoms with Crippen molar-refractivity contribution in [1.29, 1.82) is 0 Å². The van der Waals surface area contributed by atoms with Gasteiger partial charge in [0.2, 0.25) is 0 Å². The number of fused-ring (bicyclic) bond motifs is 1. The first-order valence-electron chi connectivity index (χ1n) is 14.1. The number of rotatable bonds is 8. The van der Waals surface area contributed by atoms with E-state index in [1.807, 2.05) is 60.7 Å². The molecule has 0 bridgehead atoms. The molecular weight excluding hydrogens is 555 g/mol. The average molecular weight is 587 g/mol. The van der Waals surface area contributed by atoms with Crippen molar-refractivity contribution in [3.63, 3.8) is 0 Å². The number of anilines is 1. The first-order valence-corrected chi connectivity index (χ1v) is 14.5. The van der Waals surface area contributed by atoms with Gasteiger partial charge in [0.15, 0.2) is 0 Å². The van der Waals surface area contributed by atoms with Crippen LogP contribution in [0.15, 0.2) is 85.1 Å². The Bertz CT molecular complexity index is 1550. The molecule has 0 radical (unpaired) electrons. The summed E-state index contributed by atoms with van der Waals surface area (Å²) in [5, 5.41) is 7.66. The largest absolute Gasteiger partial charge is 0.383 e. The summed E-state index contributed by atoms with van der Waals surface area (Å²) >= 11 is 6.14. The molecule has 10 heteroatoms. The van der Waals surface area contributed by atoms with Crippen molar-refractivity contribution < 1.29 is 14.0 Å². The van der Waals surface area contributed by atoms with Crippen LogP contribution in [0.2, 0.25) is 5.02 Å². The van der Waals surface area contributed by atoms with Gasteiger partial charge in [-0.25, -0.2) is 9.07 Å². The summed E-state index contributed by atoms with van der Waals surface area (Å²) in [6.07, 6.45) is 2.21. The van der Waals surface area contributed by atoms with Gasteiger partial charge in [-0.05, 0) is 48.1 Å². The predicted molar refractivity (Wildman–Crippen MR) is 160 cm³/mol. The molecule has 4 aromatic rings. The summed E-state index contributed by atoms with van der Waals surface area (Å²) in [6, 6.07) is 23.4. The zero-order valence-electron chi connectivity index (χ0n) is 23.0. The van der Waals surface area contributed by atoms with Crippen molar-refractivity contribution in [2.75, 3.05) is 38.5 Å². The Balaban J connectivity index is 1.09. The number of nitrogen functional groups attached to an aromatic ring is 1. The molecule has 2 aliphatic rings. The number of halogens is 2. The highest BCUT2D eigenvalue weighted by Gasteiger charge is 2.42. The zero-order valence-corrected chi connectivity index (χ0v) is 23.8. The smallest absolute Gasteiger partial charge is 0.258 e. The first kappa shape index (κ1) is 27.9. The lowest BCUT2D eigenvalue weighted by atomic mass is 10.0. The minimum atomic E-state index is -0.589. The number of aromatic nitrogens is 2. The number of carbonyl (C=O) groups is 2. The number of nitrogens with one attached hydrogen (secondary N) is 1. The molecule has 0 spiro atoms. The minimum Gasteiger partial charge on any atom is -0.383 e. The van der Waals surface area contributed by atoms with Gasteiger partial charge in [0.25, 0.3) is 11.8 Å². The Morgan fingerprint density at radius 3 is 2.29 bits per heavy atom. The molecule has 1 aromatic heterocycles. The number of hydrogen-bond donors (Lipinski definition) is 2. The van der Waals surface area contributed by atoms with Gasteiger partial charge in [-0.2, -0.15) is 5.10 Å². The molecule has 6 rings (SSSR count). The molecular formula is C32H32ClFN6O2. The molecule has 8 nitrogen and oxygen atoms in total. The van der Waals surface area contributed by atoms with E-state index in [2.05, 4.69) is 15.3 Å². The number of benzene rings is 3. The highest BCUT2D eigenvalue weighted by molar-refractivity contribution is 6.33. The van der Waals surface area contributed by atoms with Crippen LogP contribution < -0.4 is 11.1 Å². The number of nitrogens with zero attached hydrogens (tertiary/aromatic N) is 4. The summed E-state index contributed by atoms with van der Waals surface area (Å²) < 4.78 is 15.9. The fourth-order valence-electron chi connectivity index (χ4n) is 6.16. The van der Waals surface area contributed by atoms with Crippen molar-refractivity contribution in [2.24, 2.45) is 11.8 Å². The van der Waals surface area contributed by atoms with E-state index in [1.165, 1.54) is 18.3 Å². The maximum absolute atomic E-state index is 14.3. The van der Waals surface area contributed by atoms with Crippen molar-refractivity contribution >= 4 is 29.2 Å². The number of amides is 2. The summed E-state index contributed by atoms with van der Waals surface area (Å²) in [5.41, 5.74) is 8.41. The highest BCUT2D eigenvalue weighted by atomic mass is 35.5. The predicted octanol–water partition coefficient (Wildman–Crippen LogP) is 4.81. The van der Waals surface area contributed by atoms with E-state index in [0.29, 0.717) is 36.9 Å². The lowest BCUT2D eigenvalue weighted by molar-refractivity contribution is 0.0769. The molecule has 3 atom stereocenters. The third kappa shape index (κ3) is 5.62. The monoisotopic (exact) mass is 586 g/mol. The lowest BCUT2D eigenvalue weighted by Crippen LogP contribution is -2.35. The van der Waals surface area contributed by atoms with Gasteiger partial charge >= 0.3 is 0 Å². The second-order valence-corrected chi connectivity index (χ2v) is 11.4. The third-order valence-corrected chi connectivity index (χ3v) is 8.63. The number of para-hydroxylation sites is 1. The minimum absolute atomic E-state index is 0.0487. The topological polar surface area (TPSA) is 96.5 Å². The van der Waals surface area contributed by atoms with Crippen LogP contribution in [-0.2, 0) is 0 Å². The van der Waals surface area contributed by atoms with Gasteiger partial charge in [0.05, 0.1) is 28.5 Å². The van der Waals surface area contributed by atoms with Gasteiger partial charge in [0, 0.05) is 32.7 Å². The molecule has 42 heavy (non-hydrogen) atoms. The average Bonchev–Trinajstić information content (AvgIpc) is 3.69. The van der Waals surface area contributed by atoms with Crippen molar-refractivity contribution in [1.82, 2.24) is 24.9 Å². The van der Waals surface area contributed by atoms with Crippen LogP contribution in [0.5, 0.6) is 0 Å². The van der Waals surface area contributed by atoms with E-state index < -0.39 is 5.82 Å². The Kier molecular flexibility index (Phi) is 7.95. The number of carbonyl (C=O) groups excluding carboxylic acids is 2. The zero-order chi connectivity index (χ0) is 29.2. The molecule has 2 aliphatic heterocycles. The Morgan fingerprint density at radius 1 is 0.952 bits per heavy atom. The lowest BCUT2D eigenvalue weighted by Gasteiger charge is -2.25. The molecule has 2 fully saturated rings. The van der Waals surface area contributed by atoms with E-state index in [1.54, 1.807) is 15.6 Å². The molecule has 0 saturated carbocycles. The highest BCUT2D eigenvalue weighted by Crippen LogP contribution is 2.34. The van der Waals surface area contributed by atoms with E-state index >= 15 is 0 Å². The van der Waals surface area contributed by atoms with Gasteiger partial charge < -0.3 is 20.9 Å². The fraction of sp³-hybridized carbons (Fsp3) is 0.281. The van der Waals surface area contributed by atoms with Gasteiger partial charge in [0.1, 0.15) is 17.2 Å². The Hall–Kier alpha value is -4.21. The molecule has 216 valence electrons. The van der Waals surface area contributed by atoms with E-state index in [9.17, 15) is 14.0 Å². The fourth-order valence-corrected chi connectivity index (χ4v) is 6.41. The summed E-state index contributed by atoms with van der Waals surface area (Å²) in [6.45, 7) is 3.61. The van der Waals surface area contributed by atoms with Crippen LogP contribution >= 0.6 is 11.6 Å². The van der Waals surface area contributed by atoms with E-state index in [4.69, 9.17) is 17.3 Å². The van der Waals surface area contributed by atoms with Gasteiger partial charge in [-0.15, -0.1) is 0 Å². The van der Waals surface area contributed by atoms with Crippen LogP contribution in [-0.4, -0.2) is 64.1 Å². The van der Waals surface area contributed by atoms with E-state index in [0.717, 1.165) is 30.9 Å². The van der Waals surface area contributed by atoms with E-state index in [-0.39, 0.29) is 34.3 Å². The van der Waals surface area contributed by atoms with Crippen molar-refractivity contribution in [3.05, 3.63) is 113 Å². The van der Waals surface area contributed by atoms with Crippen LogP contribution in [0.25, 0.3) is 5.69 Å². The standard InChI is InChI=1S/C32H32ClFN6O2/c33-26-12-7-13-27(34)29(26)32(42)39-19-22-17-38(18-23(22)20-39)15-14-28(21-8-3-1-4-9-21)37-31(41)25-16-36-40(30(25)35)24-10-5-2-6-11-24/h1-13,16,22-23,28H,14-15,17-20,35H2,(H,37,41)/t22-,23?,28?/m0/s1. The normalized spacial score (nSPS) is 19.0. The van der Waals surface area contributed by atoms with Crippen LogP contribution in [0.3, 0.4) is 0 Å². The molecule has 2 amide bonds. The van der Waals surface area contributed by atoms with Crippen LogP contribution in [0.1, 0.15) is 38.7 Å². The van der Waals surface area contributed by atoms with Crippen molar-refractivity contribution in [2.45, 2.75) is 12.5 Å². The molecule has 2 saturated heterocycles. The summed E-state index contributed by atoms with van der Waals surface area (Å²) in [5.74, 6) is -0.299. The Labute approximate surface area is 248 Å². The third-order valence-electron chi connectivity index (χ3n) is 8.32. The maximum Gasteiger partial charge on any atom is 0.258 e. The number of likely N-dealkylation sites (tertiary alicyclic amines) is 2. The quantitative estimate of drug-likeness (QED) is 0.309. The first-order chi connectivity index (χ1) is 20.4. The SMILES string of the molecule is Nc1c(C(=O)NC(CCN2CC3CN(C(=O)c4c(F)cccc4Cl)C[C@@H]3C2)c2ccccc2)cnn1-c1ccccc1. The molecule has 3 heterocycles. The maximum atomic E-state index is 14.3. The van der Waals surface area contributed by atoms with Gasteiger partial charge in [-0.1, -0.05) is 66.2 Å². The summed E-state index contributed by atoms with van der Waals surface area (Å²) in [4.78, 5) is 30.5.